The van der Waals surface area contributed by atoms with Crippen LogP contribution in [0.4, 0.5) is 5.82 Å². The molecule has 6 heteroatoms. The van der Waals surface area contributed by atoms with Crippen LogP contribution in [0, 0.1) is 24.2 Å². The molecule has 2 aromatic rings. The number of nitriles is 1. The normalized spacial score (nSPS) is 11.2. The fourth-order valence-electron chi connectivity index (χ4n) is 2.39. The van der Waals surface area contributed by atoms with Crippen LogP contribution < -0.4 is 11.3 Å². The molecule has 0 aliphatic carbocycles. The zero-order valence-electron chi connectivity index (χ0n) is 11.6. The number of nitrogens with zero attached hydrogens (tertiary/aromatic N) is 4. The van der Waals surface area contributed by atoms with Gasteiger partial charge in [0.1, 0.15) is 17.3 Å². The van der Waals surface area contributed by atoms with Gasteiger partial charge in [0.15, 0.2) is 5.82 Å². The summed E-state index contributed by atoms with van der Waals surface area (Å²) in [7, 11) is 1.75. The number of aromatic nitrogens is 3. The fourth-order valence-corrected chi connectivity index (χ4v) is 2.39. The van der Waals surface area contributed by atoms with E-state index in [9.17, 15) is 10.1 Å². The first-order chi connectivity index (χ1) is 8.88. The van der Waals surface area contributed by atoms with Crippen molar-refractivity contribution in [3.8, 4) is 6.07 Å². The van der Waals surface area contributed by atoms with Gasteiger partial charge in [0, 0.05) is 13.6 Å². The number of nitrogen functional groups attached to an aromatic ring is 1. The Morgan fingerprint density at radius 2 is 2.11 bits per heavy atom. The summed E-state index contributed by atoms with van der Waals surface area (Å²) >= 11 is 0. The zero-order valence-corrected chi connectivity index (χ0v) is 11.6. The molecule has 0 aliphatic rings. The van der Waals surface area contributed by atoms with Crippen molar-refractivity contribution in [2.45, 2.75) is 27.3 Å². The van der Waals surface area contributed by atoms with E-state index in [4.69, 9.17) is 5.73 Å². The second-order valence-corrected chi connectivity index (χ2v) is 5.13. The maximum atomic E-state index is 12.4. The van der Waals surface area contributed by atoms with E-state index in [1.54, 1.807) is 23.2 Å². The van der Waals surface area contributed by atoms with Gasteiger partial charge >= 0.3 is 0 Å². The van der Waals surface area contributed by atoms with Gasteiger partial charge in [0.05, 0.1) is 5.39 Å². The fraction of sp³-hybridized carbons (Fsp3) is 0.462. The van der Waals surface area contributed by atoms with Crippen molar-refractivity contribution in [3.63, 3.8) is 0 Å². The number of anilines is 1. The van der Waals surface area contributed by atoms with Crippen LogP contribution in [0.3, 0.4) is 0 Å². The molecule has 0 atom stereocenters. The molecule has 2 N–H and O–H groups in total. The highest BCUT2D eigenvalue weighted by Gasteiger charge is 2.20. The molecule has 0 unspecified atom stereocenters. The third-order valence-electron chi connectivity index (χ3n) is 3.17. The summed E-state index contributed by atoms with van der Waals surface area (Å²) in [5, 5.41) is 14.0. The van der Waals surface area contributed by atoms with Crippen LogP contribution in [0.5, 0.6) is 0 Å². The maximum Gasteiger partial charge on any atom is 0.270 e. The highest BCUT2D eigenvalue weighted by atomic mass is 16.1. The lowest BCUT2D eigenvalue weighted by Gasteiger charge is -2.13. The quantitative estimate of drug-likeness (QED) is 0.876. The molecule has 0 saturated heterocycles. The molecule has 0 fully saturated rings. The standard InChI is InChI=1S/C13H17N5O/c1-7(2)6-18-12-10(11(15)16-17(12)4)8(3)9(5-14)13(18)19/h7H,6H2,1-4H3,(H2,15,16). The van der Waals surface area contributed by atoms with Crippen LogP contribution in [-0.4, -0.2) is 14.3 Å². The van der Waals surface area contributed by atoms with Gasteiger partial charge in [-0.05, 0) is 18.4 Å². The Morgan fingerprint density at radius 3 is 2.63 bits per heavy atom. The van der Waals surface area contributed by atoms with Gasteiger partial charge in [-0.1, -0.05) is 13.8 Å². The van der Waals surface area contributed by atoms with Crippen LogP contribution in [0.15, 0.2) is 4.79 Å². The molecule has 0 amide bonds. The number of hydrogen-bond donors (Lipinski definition) is 1. The van der Waals surface area contributed by atoms with E-state index in [0.29, 0.717) is 29.0 Å². The number of aryl methyl sites for hydroxylation is 2. The minimum Gasteiger partial charge on any atom is -0.382 e. The summed E-state index contributed by atoms with van der Waals surface area (Å²) in [6.45, 7) is 6.30. The molecule has 6 nitrogen and oxygen atoms in total. The smallest absolute Gasteiger partial charge is 0.270 e. The summed E-state index contributed by atoms with van der Waals surface area (Å²) in [5.74, 6) is 0.635. The summed E-state index contributed by atoms with van der Waals surface area (Å²) in [5.41, 5.74) is 7.05. The van der Waals surface area contributed by atoms with Crippen molar-refractivity contribution in [3.05, 3.63) is 21.5 Å². The molecule has 0 aliphatic heterocycles. The summed E-state index contributed by atoms with van der Waals surface area (Å²) < 4.78 is 3.19. The van der Waals surface area contributed by atoms with E-state index in [0.717, 1.165) is 0 Å². The molecule has 2 rings (SSSR count). The lowest BCUT2D eigenvalue weighted by atomic mass is 10.1. The van der Waals surface area contributed by atoms with E-state index < -0.39 is 0 Å². The first kappa shape index (κ1) is 13.1. The Kier molecular flexibility index (Phi) is 3.06. The Bertz CT molecular complexity index is 745. The minimum atomic E-state index is -0.274. The van der Waals surface area contributed by atoms with Gasteiger partial charge in [-0.2, -0.15) is 10.4 Å². The highest BCUT2D eigenvalue weighted by molar-refractivity contribution is 5.91. The zero-order chi connectivity index (χ0) is 14.3. The van der Waals surface area contributed by atoms with Crippen LogP contribution in [0.2, 0.25) is 0 Å². The molecule has 0 saturated carbocycles. The largest absolute Gasteiger partial charge is 0.382 e. The van der Waals surface area contributed by atoms with Crippen LogP contribution in [0.25, 0.3) is 11.0 Å². The molecular formula is C13H17N5O. The van der Waals surface area contributed by atoms with Crippen LogP contribution in [-0.2, 0) is 13.6 Å². The Morgan fingerprint density at radius 1 is 1.47 bits per heavy atom. The summed E-state index contributed by atoms with van der Waals surface area (Å²) in [6.07, 6.45) is 0. The van der Waals surface area contributed by atoms with Crippen LogP contribution in [0.1, 0.15) is 25.0 Å². The average molecular weight is 259 g/mol. The highest BCUT2D eigenvalue weighted by Crippen LogP contribution is 2.24. The third-order valence-corrected chi connectivity index (χ3v) is 3.17. The molecule has 2 aromatic heterocycles. The predicted octanol–water partition coefficient (Wildman–Crippen LogP) is 1.15. The van der Waals surface area contributed by atoms with Crippen molar-refractivity contribution in [1.29, 1.82) is 5.26 Å². The molecule has 0 spiro atoms. The van der Waals surface area contributed by atoms with Gasteiger partial charge in [-0.15, -0.1) is 0 Å². The second kappa shape index (κ2) is 4.43. The molecule has 0 bridgehead atoms. The van der Waals surface area contributed by atoms with Gasteiger partial charge in [-0.25, -0.2) is 4.68 Å². The van der Waals surface area contributed by atoms with Gasteiger partial charge in [0.25, 0.3) is 5.56 Å². The number of nitrogens with two attached hydrogens (primary N) is 1. The Labute approximate surface area is 111 Å². The lowest BCUT2D eigenvalue weighted by molar-refractivity contribution is 0.514. The summed E-state index contributed by atoms with van der Waals surface area (Å²) in [6, 6.07) is 1.98. The summed E-state index contributed by atoms with van der Waals surface area (Å²) in [4.78, 5) is 12.4. The van der Waals surface area contributed by atoms with E-state index in [1.807, 2.05) is 19.9 Å². The number of hydrogen-bond acceptors (Lipinski definition) is 4. The molecule has 100 valence electrons. The van der Waals surface area contributed by atoms with Crippen LogP contribution >= 0.6 is 0 Å². The van der Waals surface area contributed by atoms with E-state index in [2.05, 4.69) is 5.10 Å². The lowest BCUT2D eigenvalue weighted by Crippen LogP contribution is -2.27. The first-order valence-electron chi connectivity index (χ1n) is 6.14. The second-order valence-electron chi connectivity index (χ2n) is 5.13. The average Bonchev–Trinajstić information content (AvgIpc) is 2.60. The Hall–Kier alpha value is -2.29. The topological polar surface area (TPSA) is 89.6 Å². The van der Waals surface area contributed by atoms with Crippen molar-refractivity contribution in [2.75, 3.05) is 5.73 Å². The minimum absolute atomic E-state index is 0.146. The number of pyridine rings is 1. The Balaban J connectivity index is 3.01. The van der Waals surface area contributed by atoms with Crippen molar-refractivity contribution in [2.24, 2.45) is 13.0 Å². The van der Waals surface area contributed by atoms with Gasteiger partial charge < -0.3 is 5.73 Å². The van der Waals surface area contributed by atoms with E-state index in [-0.39, 0.29) is 17.0 Å². The van der Waals surface area contributed by atoms with E-state index in [1.165, 1.54) is 0 Å². The van der Waals surface area contributed by atoms with Gasteiger partial charge in [0.2, 0.25) is 0 Å². The number of fused-ring (bicyclic) bond motifs is 1. The maximum absolute atomic E-state index is 12.4. The molecule has 0 aromatic carbocycles. The number of rotatable bonds is 2. The van der Waals surface area contributed by atoms with Crippen molar-refractivity contribution < 1.29 is 0 Å². The van der Waals surface area contributed by atoms with Gasteiger partial charge in [-0.3, -0.25) is 9.36 Å². The first-order valence-corrected chi connectivity index (χ1v) is 6.14. The third kappa shape index (κ3) is 1.87. The molecule has 19 heavy (non-hydrogen) atoms. The monoisotopic (exact) mass is 259 g/mol. The molecule has 0 radical (unpaired) electrons. The van der Waals surface area contributed by atoms with Crippen molar-refractivity contribution in [1.82, 2.24) is 14.3 Å². The molecular weight excluding hydrogens is 242 g/mol. The van der Waals surface area contributed by atoms with E-state index >= 15 is 0 Å². The predicted molar refractivity (Wildman–Crippen MR) is 73.7 cm³/mol. The van der Waals surface area contributed by atoms with Crippen molar-refractivity contribution >= 4 is 16.9 Å². The molecule has 2 heterocycles. The SMILES string of the molecule is Cc1c(C#N)c(=O)n(CC(C)C)c2c1c(N)nn2C.